The molecule has 0 aromatic heterocycles. The summed E-state index contributed by atoms with van der Waals surface area (Å²) in [7, 11) is 1.57. The summed E-state index contributed by atoms with van der Waals surface area (Å²) in [5.74, 6) is -0.973. The summed E-state index contributed by atoms with van der Waals surface area (Å²) in [6, 6.07) is 10.2. The van der Waals surface area contributed by atoms with Crippen LogP contribution in [-0.2, 0) is 6.42 Å². The average molecular weight is 276 g/mol. The fourth-order valence-electron chi connectivity index (χ4n) is 1.90. The molecule has 104 valence electrons. The first-order valence-corrected chi connectivity index (χ1v) is 6.21. The molecular weight excluding hydrogens is 262 g/mol. The third kappa shape index (κ3) is 3.41. The minimum Gasteiger partial charge on any atom is -0.497 e. The van der Waals surface area contributed by atoms with Crippen LogP contribution in [0.4, 0.5) is 8.78 Å². The van der Waals surface area contributed by atoms with Gasteiger partial charge in [0.2, 0.25) is 0 Å². The minimum atomic E-state index is -0.689. The largest absolute Gasteiger partial charge is 0.497 e. The molecule has 0 unspecified atom stereocenters. The highest BCUT2D eigenvalue weighted by molar-refractivity contribution is 5.96. The Kier molecular flexibility index (Phi) is 4.45. The van der Waals surface area contributed by atoms with Crippen LogP contribution in [0.5, 0.6) is 5.75 Å². The highest BCUT2D eigenvalue weighted by atomic mass is 19.1. The number of carbonyl (C=O) groups is 1. The zero-order chi connectivity index (χ0) is 14.5. The number of hydrogen-bond acceptors (Lipinski definition) is 2. The molecular formula is C16H14F2O2. The Labute approximate surface area is 116 Å². The molecule has 2 rings (SSSR count). The normalized spacial score (nSPS) is 10.3. The number of methoxy groups -OCH3 is 1. The number of Topliss-reactive ketones (excluding diaryl/α,β-unsaturated/α-hetero) is 1. The van der Waals surface area contributed by atoms with Crippen LogP contribution in [0.15, 0.2) is 42.5 Å². The van der Waals surface area contributed by atoms with Crippen molar-refractivity contribution in [2.75, 3.05) is 7.11 Å². The quantitative estimate of drug-likeness (QED) is 0.777. The van der Waals surface area contributed by atoms with Gasteiger partial charge in [0, 0.05) is 6.42 Å². The Bertz CT molecular complexity index is 606. The molecule has 0 radical (unpaired) electrons. The van der Waals surface area contributed by atoms with Crippen LogP contribution in [0.25, 0.3) is 0 Å². The van der Waals surface area contributed by atoms with Crippen molar-refractivity contribution >= 4 is 5.78 Å². The molecule has 2 aromatic carbocycles. The Hall–Kier alpha value is -2.23. The predicted octanol–water partition coefficient (Wildman–Crippen LogP) is 3.79. The number of rotatable bonds is 5. The summed E-state index contributed by atoms with van der Waals surface area (Å²) in [5, 5.41) is 0. The highest BCUT2D eigenvalue weighted by Gasteiger charge is 2.12. The molecule has 0 atom stereocenters. The number of hydrogen-bond donors (Lipinski definition) is 0. The molecule has 20 heavy (non-hydrogen) atoms. The van der Waals surface area contributed by atoms with E-state index < -0.39 is 17.4 Å². The van der Waals surface area contributed by atoms with E-state index in [0.29, 0.717) is 6.42 Å². The van der Waals surface area contributed by atoms with E-state index in [0.717, 1.165) is 29.5 Å². The average Bonchev–Trinajstić information content (AvgIpc) is 2.47. The van der Waals surface area contributed by atoms with Crippen molar-refractivity contribution in [3.05, 3.63) is 65.2 Å². The summed E-state index contributed by atoms with van der Waals surface area (Å²) >= 11 is 0. The zero-order valence-corrected chi connectivity index (χ0v) is 11.0. The van der Waals surface area contributed by atoms with Gasteiger partial charge in [-0.3, -0.25) is 4.79 Å². The summed E-state index contributed by atoms with van der Waals surface area (Å²) in [4.78, 5) is 11.9. The third-order valence-electron chi connectivity index (χ3n) is 3.03. The molecule has 0 fully saturated rings. The number of carbonyl (C=O) groups excluding carboxylic acids is 1. The van der Waals surface area contributed by atoms with E-state index in [1.807, 2.05) is 12.1 Å². The molecule has 4 heteroatoms. The molecule has 2 aromatic rings. The first-order valence-electron chi connectivity index (χ1n) is 6.21. The summed E-state index contributed by atoms with van der Waals surface area (Å²) in [6.07, 6.45) is 0.603. The Morgan fingerprint density at radius 2 is 1.80 bits per heavy atom. The van der Waals surface area contributed by atoms with Gasteiger partial charge in [0.05, 0.1) is 12.7 Å². The van der Waals surface area contributed by atoms with Crippen LogP contribution in [0.1, 0.15) is 22.3 Å². The second kappa shape index (κ2) is 6.28. The number of halogens is 2. The number of benzene rings is 2. The van der Waals surface area contributed by atoms with Gasteiger partial charge in [-0.2, -0.15) is 0 Å². The molecule has 2 nitrogen and oxygen atoms in total. The van der Waals surface area contributed by atoms with Crippen LogP contribution in [0.2, 0.25) is 0 Å². The smallest absolute Gasteiger partial charge is 0.166 e. The van der Waals surface area contributed by atoms with Crippen LogP contribution in [0, 0.1) is 11.6 Å². The maximum atomic E-state index is 13.4. The monoisotopic (exact) mass is 276 g/mol. The molecule has 0 spiro atoms. The molecule has 0 saturated heterocycles. The topological polar surface area (TPSA) is 26.3 Å². The van der Waals surface area contributed by atoms with Crippen molar-refractivity contribution in [1.82, 2.24) is 0 Å². The Morgan fingerprint density at radius 3 is 2.45 bits per heavy atom. The van der Waals surface area contributed by atoms with E-state index in [-0.39, 0.29) is 12.0 Å². The van der Waals surface area contributed by atoms with Crippen molar-refractivity contribution in [2.24, 2.45) is 0 Å². The first-order chi connectivity index (χ1) is 9.60. The lowest BCUT2D eigenvalue weighted by Gasteiger charge is -2.04. The van der Waals surface area contributed by atoms with Crippen LogP contribution < -0.4 is 4.74 Å². The zero-order valence-electron chi connectivity index (χ0n) is 11.0. The first kappa shape index (κ1) is 14.2. The van der Waals surface area contributed by atoms with Gasteiger partial charge in [0.15, 0.2) is 5.78 Å². The van der Waals surface area contributed by atoms with Crippen molar-refractivity contribution in [1.29, 1.82) is 0 Å². The minimum absolute atomic E-state index is 0.132. The van der Waals surface area contributed by atoms with Crippen molar-refractivity contribution in [3.8, 4) is 5.75 Å². The van der Waals surface area contributed by atoms with E-state index >= 15 is 0 Å². The lowest BCUT2D eigenvalue weighted by Crippen LogP contribution is -2.04. The van der Waals surface area contributed by atoms with Gasteiger partial charge in [-0.05, 0) is 42.3 Å². The lowest BCUT2D eigenvalue weighted by molar-refractivity contribution is 0.0978. The van der Waals surface area contributed by atoms with Gasteiger partial charge in [0.25, 0.3) is 0 Å². The molecule has 0 amide bonds. The van der Waals surface area contributed by atoms with E-state index in [1.54, 1.807) is 19.2 Å². The standard InChI is InChI=1S/C16H14F2O2/c1-20-13-6-2-11(3-7-13)4-9-16(19)14-10-12(17)5-8-15(14)18/h2-3,5-8,10H,4,9H2,1H3. The number of aryl methyl sites for hydroxylation is 1. The molecule has 0 aliphatic carbocycles. The maximum Gasteiger partial charge on any atom is 0.166 e. The third-order valence-corrected chi connectivity index (χ3v) is 3.03. The Balaban J connectivity index is 2.02. The van der Waals surface area contributed by atoms with Crippen molar-refractivity contribution < 1.29 is 18.3 Å². The van der Waals surface area contributed by atoms with Gasteiger partial charge >= 0.3 is 0 Å². The molecule has 0 N–H and O–H groups in total. The van der Waals surface area contributed by atoms with Gasteiger partial charge in [-0.25, -0.2) is 8.78 Å². The van der Waals surface area contributed by atoms with E-state index in [1.165, 1.54) is 0 Å². The second-order valence-electron chi connectivity index (χ2n) is 4.40. The summed E-state index contributed by atoms with van der Waals surface area (Å²) in [6.45, 7) is 0. The molecule has 0 saturated carbocycles. The summed E-state index contributed by atoms with van der Waals surface area (Å²) in [5.41, 5.74) is 0.745. The van der Waals surface area contributed by atoms with Crippen LogP contribution in [0.3, 0.4) is 0 Å². The van der Waals surface area contributed by atoms with Crippen molar-refractivity contribution in [3.63, 3.8) is 0 Å². The van der Waals surface area contributed by atoms with Gasteiger partial charge in [-0.1, -0.05) is 12.1 Å². The number of ketones is 1. The fourth-order valence-corrected chi connectivity index (χ4v) is 1.90. The highest BCUT2D eigenvalue weighted by Crippen LogP contribution is 2.16. The SMILES string of the molecule is COc1ccc(CCC(=O)c2cc(F)ccc2F)cc1. The van der Waals surface area contributed by atoms with E-state index in [4.69, 9.17) is 4.74 Å². The molecule has 0 aliphatic heterocycles. The molecule has 0 heterocycles. The van der Waals surface area contributed by atoms with Gasteiger partial charge in [0.1, 0.15) is 17.4 Å². The predicted molar refractivity (Wildman–Crippen MR) is 72.0 cm³/mol. The van der Waals surface area contributed by atoms with Crippen LogP contribution >= 0.6 is 0 Å². The van der Waals surface area contributed by atoms with Gasteiger partial charge in [-0.15, -0.1) is 0 Å². The maximum absolute atomic E-state index is 13.4. The van der Waals surface area contributed by atoms with E-state index in [9.17, 15) is 13.6 Å². The van der Waals surface area contributed by atoms with E-state index in [2.05, 4.69) is 0 Å². The fraction of sp³-hybridized carbons (Fsp3) is 0.188. The lowest BCUT2D eigenvalue weighted by atomic mass is 10.0. The second-order valence-corrected chi connectivity index (χ2v) is 4.40. The van der Waals surface area contributed by atoms with Crippen LogP contribution in [-0.4, -0.2) is 12.9 Å². The Morgan fingerprint density at radius 1 is 1.10 bits per heavy atom. The van der Waals surface area contributed by atoms with Crippen molar-refractivity contribution in [2.45, 2.75) is 12.8 Å². The van der Waals surface area contributed by atoms with Gasteiger partial charge < -0.3 is 4.74 Å². The molecule has 0 bridgehead atoms. The summed E-state index contributed by atoms with van der Waals surface area (Å²) < 4.78 is 31.5. The molecule has 0 aliphatic rings. The number of ether oxygens (including phenoxy) is 1.